The van der Waals surface area contributed by atoms with Gasteiger partial charge in [0.2, 0.25) is 11.8 Å². The zero-order valence-corrected chi connectivity index (χ0v) is 19.8. The Morgan fingerprint density at radius 3 is 2.55 bits per heavy atom. The van der Waals surface area contributed by atoms with Crippen LogP contribution in [-0.2, 0) is 9.59 Å². The van der Waals surface area contributed by atoms with Crippen LogP contribution in [0.3, 0.4) is 0 Å². The van der Waals surface area contributed by atoms with E-state index < -0.39 is 5.54 Å². The van der Waals surface area contributed by atoms with Crippen LogP contribution < -0.4 is 16.0 Å². The molecule has 0 saturated carbocycles. The second-order valence-electron chi connectivity index (χ2n) is 7.74. The summed E-state index contributed by atoms with van der Waals surface area (Å²) in [5, 5.41) is 8.22. The van der Waals surface area contributed by atoms with Crippen LogP contribution in [0.15, 0.2) is 34.1 Å². The number of hydrogen-bond acceptors (Lipinski definition) is 5. The van der Waals surface area contributed by atoms with Crippen molar-refractivity contribution in [1.82, 2.24) is 15.5 Å². The molecule has 0 spiro atoms. The van der Waals surface area contributed by atoms with Gasteiger partial charge in [-0.15, -0.1) is 11.3 Å². The summed E-state index contributed by atoms with van der Waals surface area (Å²) in [5.74, 6) is -1.12. The smallest absolute Gasteiger partial charge is 0.262 e. The molecule has 164 valence electrons. The number of benzene rings is 1. The van der Waals surface area contributed by atoms with E-state index in [1.807, 2.05) is 0 Å². The molecule has 1 aromatic heterocycles. The van der Waals surface area contributed by atoms with Gasteiger partial charge in [-0.05, 0) is 72.6 Å². The largest absolute Gasteiger partial charge is 0.353 e. The van der Waals surface area contributed by atoms with Gasteiger partial charge in [0.25, 0.3) is 11.8 Å². The number of amides is 4. The van der Waals surface area contributed by atoms with Crippen LogP contribution in [0.2, 0.25) is 0 Å². The monoisotopic (exact) mass is 506 g/mol. The van der Waals surface area contributed by atoms with E-state index in [1.54, 1.807) is 51.1 Å². The Morgan fingerprint density at radius 1 is 1.19 bits per heavy atom. The maximum absolute atomic E-state index is 12.8. The lowest BCUT2D eigenvalue weighted by atomic mass is 10.0. The van der Waals surface area contributed by atoms with Crippen LogP contribution in [0.1, 0.15) is 39.4 Å². The topological polar surface area (TPSA) is 108 Å². The van der Waals surface area contributed by atoms with E-state index in [9.17, 15) is 19.2 Å². The van der Waals surface area contributed by atoms with E-state index in [4.69, 9.17) is 0 Å². The maximum Gasteiger partial charge on any atom is 0.262 e. The first kappa shape index (κ1) is 23.0. The molecule has 1 aliphatic heterocycles. The Hall–Kier alpha value is -2.72. The number of halogens is 1. The van der Waals surface area contributed by atoms with E-state index in [2.05, 4.69) is 31.9 Å². The van der Waals surface area contributed by atoms with Gasteiger partial charge in [0, 0.05) is 24.3 Å². The minimum atomic E-state index is -1.16. The van der Waals surface area contributed by atoms with Crippen molar-refractivity contribution in [3.8, 4) is 0 Å². The predicted molar refractivity (Wildman–Crippen MR) is 122 cm³/mol. The Bertz CT molecular complexity index is 1050. The van der Waals surface area contributed by atoms with Crippen molar-refractivity contribution in [2.45, 2.75) is 26.3 Å². The summed E-state index contributed by atoms with van der Waals surface area (Å²) in [7, 11) is 0. The number of carbonyl (C=O) groups excluding carboxylic acids is 4. The SMILES string of the molecule is Cc1cc(NC(=O)C(C)(C)NC(=O)c2ccc(Br)s2)ccc1C(=O)N1CCNC(=O)C1. The summed E-state index contributed by atoms with van der Waals surface area (Å²) < 4.78 is 0.829. The van der Waals surface area contributed by atoms with Crippen LogP contribution in [0.25, 0.3) is 0 Å². The number of nitrogens with zero attached hydrogens (tertiary/aromatic N) is 1. The zero-order chi connectivity index (χ0) is 22.8. The van der Waals surface area contributed by atoms with Crippen molar-refractivity contribution < 1.29 is 19.2 Å². The zero-order valence-electron chi connectivity index (χ0n) is 17.4. The molecule has 0 aliphatic carbocycles. The number of nitrogens with one attached hydrogen (secondary N) is 3. The molecule has 10 heteroatoms. The molecule has 1 saturated heterocycles. The minimum absolute atomic E-state index is 0.0332. The fourth-order valence-electron chi connectivity index (χ4n) is 3.09. The molecule has 0 unspecified atom stereocenters. The molecule has 4 amide bonds. The van der Waals surface area contributed by atoms with Crippen LogP contribution >= 0.6 is 27.3 Å². The molecule has 0 bridgehead atoms. The van der Waals surface area contributed by atoms with Gasteiger partial charge in [0.05, 0.1) is 15.2 Å². The Balaban J connectivity index is 1.67. The highest BCUT2D eigenvalue weighted by molar-refractivity contribution is 9.11. The fraction of sp³-hybridized carbons (Fsp3) is 0.333. The van der Waals surface area contributed by atoms with Gasteiger partial charge < -0.3 is 20.9 Å². The molecule has 31 heavy (non-hydrogen) atoms. The number of carbonyl (C=O) groups is 4. The van der Waals surface area contributed by atoms with Crippen LogP contribution in [-0.4, -0.2) is 53.7 Å². The highest BCUT2D eigenvalue weighted by Crippen LogP contribution is 2.23. The standard InChI is InChI=1S/C21H23BrN4O4S/c1-12-10-13(4-5-14(12)19(29)26-9-8-23-17(27)11-26)24-20(30)21(2,3)25-18(28)15-6-7-16(22)31-15/h4-7,10H,8-9,11H2,1-3H3,(H,23,27)(H,24,30)(H,25,28). The molecule has 3 rings (SSSR count). The highest BCUT2D eigenvalue weighted by atomic mass is 79.9. The summed E-state index contributed by atoms with van der Waals surface area (Å²) in [6, 6.07) is 8.42. The molecule has 0 radical (unpaired) electrons. The molecule has 1 fully saturated rings. The lowest BCUT2D eigenvalue weighted by Crippen LogP contribution is -2.52. The quantitative estimate of drug-likeness (QED) is 0.578. The number of anilines is 1. The summed E-state index contributed by atoms with van der Waals surface area (Å²) >= 11 is 4.60. The first-order valence-electron chi connectivity index (χ1n) is 9.63. The lowest BCUT2D eigenvalue weighted by molar-refractivity contribution is -0.123. The number of aryl methyl sites for hydroxylation is 1. The normalized spacial score (nSPS) is 14.1. The van der Waals surface area contributed by atoms with Gasteiger partial charge in [0.15, 0.2) is 0 Å². The Kier molecular flexibility index (Phi) is 6.80. The molecule has 2 aromatic rings. The predicted octanol–water partition coefficient (Wildman–Crippen LogP) is 2.54. The van der Waals surface area contributed by atoms with E-state index in [1.165, 1.54) is 16.2 Å². The third kappa shape index (κ3) is 5.50. The van der Waals surface area contributed by atoms with Crippen LogP contribution in [0, 0.1) is 6.92 Å². The van der Waals surface area contributed by atoms with E-state index in [0.29, 0.717) is 34.8 Å². The average Bonchev–Trinajstić information content (AvgIpc) is 3.14. The van der Waals surface area contributed by atoms with Gasteiger partial charge >= 0.3 is 0 Å². The van der Waals surface area contributed by atoms with E-state index >= 15 is 0 Å². The van der Waals surface area contributed by atoms with Crippen LogP contribution in [0.4, 0.5) is 5.69 Å². The molecule has 3 N–H and O–H groups in total. The fourth-order valence-corrected chi connectivity index (χ4v) is 4.37. The Morgan fingerprint density at radius 2 is 1.94 bits per heavy atom. The molecule has 1 aromatic carbocycles. The molecular formula is C21H23BrN4O4S. The molecule has 2 heterocycles. The van der Waals surface area contributed by atoms with Crippen molar-refractivity contribution >= 4 is 56.6 Å². The van der Waals surface area contributed by atoms with Crippen LogP contribution in [0.5, 0.6) is 0 Å². The van der Waals surface area contributed by atoms with Crippen molar-refractivity contribution in [3.63, 3.8) is 0 Å². The number of hydrogen-bond donors (Lipinski definition) is 3. The maximum atomic E-state index is 12.8. The third-order valence-electron chi connectivity index (χ3n) is 4.83. The molecule has 1 aliphatic rings. The van der Waals surface area contributed by atoms with Crippen molar-refractivity contribution in [2.24, 2.45) is 0 Å². The third-order valence-corrected chi connectivity index (χ3v) is 6.45. The van der Waals surface area contributed by atoms with Gasteiger partial charge in [-0.25, -0.2) is 0 Å². The molecule has 8 nitrogen and oxygen atoms in total. The number of piperazine rings is 1. The van der Waals surface area contributed by atoms with Crippen molar-refractivity contribution in [3.05, 3.63) is 50.1 Å². The second kappa shape index (κ2) is 9.19. The lowest BCUT2D eigenvalue weighted by Gasteiger charge is -2.27. The average molecular weight is 507 g/mol. The number of rotatable bonds is 5. The second-order valence-corrected chi connectivity index (χ2v) is 10.2. The highest BCUT2D eigenvalue weighted by Gasteiger charge is 2.31. The Labute approximate surface area is 192 Å². The van der Waals surface area contributed by atoms with Crippen molar-refractivity contribution in [1.29, 1.82) is 0 Å². The summed E-state index contributed by atoms with van der Waals surface area (Å²) in [4.78, 5) is 51.4. The molecular weight excluding hydrogens is 484 g/mol. The summed E-state index contributed by atoms with van der Waals surface area (Å²) in [6.07, 6.45) is 0. The minimum Gasteiger partial charge on any atom is -0.353 e. The van der Waals surface area contributed by atoms with Gasteiger partial charge in [-0.1, -0.05) is 0 Å². The van der Waals surface area contributed by atoms with E-state index in [0.717, 1.165) is 3.79 Å². The van der Waals surface area contributed by atoms with Crippen molar-refractivity contribution in [2.75, 3.05) is 25.0 Å². The van der Waals surface area contributed by atoms with Gasteiger partial charge in [0.1, 0.15) is 5.54 Å². The first-order chi connectivity index (χ1) is 14.6. The van der Waals surface area contributed by atoms with E-state index in [-0.39, 0.29) is 30.2 Å². The summed E-state index contributed by atoms with van der Waals surface area (Å²) in [6.45, 7) is 5.93. The summed E-state index contributed by atoms with van der Waals surface area (Å²) in [5.41, 5.74) is 0.510. The van der Waals surface area contributed by atoms with Gasteiger partial charge in [-0.3, -0.25) is 19.2 Å². The first-order valence-corrected chi connectivity index (χ1v) is 11.2. The number of thiophene rings is 1. The molecule has 0 atom stereocenters. The van der Waals surface area contributed by atoms with Gasteiger partial charge in [-0.2, -0.15) is 0 Å².